The molecule has 0 heterocycles. The Hall–Kier alpha value is -1.66. The van der Waals surface area contributed by atoms with E-state index in [9.17, 15) is 10.1 Å². The Kier molecular flexibility index (Phi) is 3.73. The lowest BCUT2D eigenvalue weighted by atomic mass is 9.86. The minimum absolute atomic E-state index is 0.00514. The number of hydrogen-bond acceptors (Lipinski definition) is 5. The Morgan fingerprint density at radius 1 is 1.37 bits per heavy atom. The monoisotopic (exact) mass is 266 g/mol. The smallest absolute Gasteiger partial charge is 0.272 e. The number of rotatable bonds is 4. The van der Waals surface area contributed by atoms with Gasteiger partial charge in [0.05, 0.1) is 4.92 Å². The number of nitrogens with zero attached hydrogens (tertiary/aromatic N) is 1. The van der Waals surface area contributed by atoms with Crippen molar-refractivity contribution in [1.82, 2.24) is 0 Å². The molecule has 0 spiro atoms. The average molecular weight is 266 g/mol. The number of hydrogen-bond donors (Lipinski definition) is 1. The van der Waals surface area contributed by atoms with E-state index in [0.29, 0.717) is 11.3 Å². The number of methoxy groups -OCH3 is 1. The number of benzene rings is 1. The van der Waals surface area contributed by atoms with Crippen LogP contribution in [-0.2, 0) is 4.74 Å². The van der Waals surface area contributed by atoms with Crippen LogP contribution in [0.3, 0.4) is 0 Å². The third kappa shape index (κ3) is 2.54. The summed E-state index contributed by atoms with van der Waals surface area (Å²) in [4.78, 5) is 10.5. The summed E-state index contributed by atoms with van der Waals surface area (Å²) in [6, 6.07) is 3.23. The highest BCUT2D eigenvalue weighted by Crippen LogP contribution is 2.32. The quantitative estimate of drug-likeness (QED) is 0.662. The topological polar surface area (TPSA) is 87.6 Å². The van der Waals surface area contributed by atoms with E-state index in [1.165, 1.54) is 6.07 Å². The van der Waals surface area contributed by atoms with Gasteiger partial charge in [0.2, 0.25) is 0 Å². The van der Waals surface area contributed by atoms with Crippen LogP contribution in [-0.4, -0.2) is 30.3 Å². The first kappa shape index (κ1) is 13.8. The lowest BCUT2D eigenvalue weighted by molar-refractivity contribution is -0.385. The van der Waals surface area contributed by atoms with Gasteiger partial charge in [-0.1, -0.05) is 0 Å². The zero-order valence-electron chi connectivity index (χ0n) is 11.3. The molecule has 0 aliphatic heterocycles. The molecule has 3 atom stereocenters. The van der Waals surface area contributed by atoms with Gasteiger partial charge < -0.3 is 15.2 Å². The van der Waals surface area contributed by atoms with E-state index in [1.54, 1.807) is 27.0 Å². The van der Waals surface area contributed by atoms with Gasteiger partial charge in [-0.2, -0.15) is 0 Å². The summed E-state index contributed by atoms with van der Waals surface area (Å²) < 4.78 is 11.1. The summed E-state index contributed by atoms with van der Waals surface area (Å²) in [7, 11) is 1.61. The molecule has 6 heteroatoms. The number of nitro groups is 1. The van der Waals surface area contributed by atoms with Gasteiger partial charge in [0, 0.05) is 31.2 Å². The maximum atomic E-state index is 10.8. The fourth-order valence-electron chi connectivity index (χ4n) is 2.32. The summed E-state index contributed by atoms with van der Waals surface area (Å²) in [5.41, 5.74) is 7.25. The predicted molar refractivity (Wildman–Crippen MR) is 70.4 cm³/mol. The summed E-state index contributed by atoms with van der Waals surface area (Å²) >= 11 is 0. The standard InChI is InChI=1S/C13H18N2O4/c1-7-5-11(8(2)4-10(7)15(16)17)19-12-6-9(14)13(12)18-3/h4-5,9,12-13H,6,14H2,1-3H3. The molecule has 1 aromatic carbocycles. The largest absolute Gasteiger partial charge is 0.487 e. The first-order valence-electron chi connectivity index (χ1n) is 6.14. The zero-order chi connectivity index (χ0) is 14.2. The highest BCUT2D eigenvalue weighted by atomic mass is 16.6. The third-order valence-electron chi connectivity index (χ3n) is 3.53. The van der Waals surface area contributed by atoms with E-state index in [1.807, 2.05) is 0 Å². The molecule has 0 bridgehead atoms. The van der Waals surface area contributed by atoms with Crippen molar-refractivity contribution >= 4 is 5.69 Å². The van der Waals surface area contributed by atoms with Crippen LogP contribution in [0.15, 0.2) is 12.1 Å². The van der Waals surface area contributed by atoms with Crippen LogP contribution in [0, 0.1) is 24.0 Å². The average Bonchev–Trinajstić information content (AvgIpc) is 2.32. The van der Waals surface area contributed by atoms with Crippen LogP contribution in [0.1, 0.15) is 17.5 Å². The SMILES string of the molecule is COC1C(N)CC1Oc1cc(C)c([N+](=O)[O-])cc1C. The second kappa shape index (κ2) is 5.14. The van der Waals surface area contributed by atoms with E-state index in [2.05, 4.69) is 0 Å². The molecule has 0 saturated heterocycles. The molecule has 0 amide bonds. The molecule has 2 rings (SSSR count). The maximum absolute atomic E-state index is 10.8. The maximum Gasteiger partial charge on any atom is 0.272 e. The normalized spacial score (nSPS) is 25.8. The van der Waals surface area contributed by atoms with Crippen LogP contribution in [0.4, 0.5) is 5.69 Å². The fraction of sp³-hybridized carbons (Fsp3) is 0.538. The zero-order valence-corrected chi connectivity index (χ0v) is 11.3. The van der Waals surface area contributed by atoms with Crippen molar-refractivity contribution in [3.05, 3.63) is 33.4 Å². The van der Waals surface area contributed by atoms with Gasteiger partial charge in [-0.15, -0.1) is 0 Å². The first-order chi connectivity index (χ1) is 8.93. The van der Waals surface area contributed by atoms with Gasteiger partial charge in [0.15, 0.2) is 0 Å². The van der Waals surface area contributed by atoms with Crippen molar-refractivity contribution < 1.29 is 14.4 Å². The molecule has 0 aromatic heterocycles. The van der Waals surface area contributed by atoms with Crippen molar-refractivity contribution in [1.29, 1.82) is 0 Å². The highest BCUT2D eigenvalue weighted by Gasteiger charge is 2.41. The first-order valence-corrected chi connectivity index (χ1v) is 6.14. The van der Waals surface area contributed by atoms with Crippen molar-refractivity contribution in [2.75, 3.05) is 7.11 Å². The van der Waals surface area contributed by atoms with Gasteiger partial charge in [0.25, 0.3) is 5.69 Å². The molecule has 0 radical (unpaired) electrons. The van der Waals surface area contributed by atoms with Gasteiger partial charge in [-0.3, -0.25) is 10.1 Å². The Morgan fingerprint density at radius 2 is 2.05 bits per heavy atom. The van der Waals surface area contributed by atoms with Gasteiger partial charge >= 0.3 is 0 Å². The Bertz CT molecular complexity index is 504. The summed E-state index contributed by atoms with van der Waals surface area (Å²) in [5, 5.41) is 10.8. The minimum atomic E-state index is -0.386. The van der Waals surface area contributed by atoms with Crippen LogP contribution >= 0.6 is 0 Å². The van der Waals surface area contributed by atoms with E-state index in [4.69, 9.17) is 15.2 Å². The van der Waals surface area contributed by atoms with E-state index in [0.717, 1.165) is 12.0 Å². The van der Waals surface area contributed by atoms with Crippen molar-refractivity contribution in [2.24, 2.45) is 5.73 Å². The molecular weight excluding hydrogens is 248 g/mol. The fourth-order valence-corrected chi connectivity index (χ4v) is 2.32. The molecule has 2 N–H and O–H groups in total. The van der Waals surface area contributed by atoms with E-state index < -0.39 is 0 Å². The molecule has 1 aliphatic carbocycles. The number of nitrogens with two attached hydrogens (primary N) is 1. The van der Waals surface area contributed by atoms with Gasteiger partial charge in [-0.25, -0.2) is 0 Å². The Morgan fingerprint density at radius 3 is 2.58 bits per heavy atom. The second-order valence-corrected chi connectivity index (χ2v) is 4.92. The number of nitro benzene ring substituents is 1. The highest BCUT2D eigenvalue weighted by molar-refractivity contribution is 5.49. The predicted octanol–water partition coefficient (Wildman–Crippen LogP) is 1.71. The molecule has 1 aliphatic rings. The summed E-state index contributed by atoms with van der Waals surface area (Å²) in [6.45, 7) is 3.49. The van der Waals surface area contributed by atoms with Crippen LogP contribution in [0.2, 0.25) is 0 Å². The van der Waals surface area contributed by atoms with E-state index in [-0.39, 0.29) is 28.9 Å². The van der Waals surface area contributed by atoms with Gasteiger partial charge in [0.1, 0.15) is 18.0 Å². The van der Waals surface area contributed by atoms with Crippen LogP contribution in [0.5, 0.6) is 5.75 Å². The van der Waals surface area contributed by atoms with E-state index >= 15 is 0 Å². The lowest BCUT2D eigenvalue weighted by Crippen LogP contribution is -2.59. The Labute approximate surface area is 111 Å². The van der Waals surface area contributed by atoms with Crippen molar-refractivity contribution in [3.63, 3.8) is 0 Å². The third-order valence-corrected chi connectivity index (χ3v) is 3.53. The second-order valence-electron chi connectivity index (χ2n) is 4.92. The molecule has 1 fully saturated rings. The molecule has 19 heavy (non-hydrogen) atoms. The van der Waals surface area contributed by atoms with Crippen molar-refractivity contribution in [3.8, 4) is 5.75 Å². The molecular formula is C13H18N2O4. The summed E-state index contributed by atoms with van der Waals surface area (Å²) in [5.74, 6) is 0.655. The Balaban J connectivity index is 2.18. The molecule has 6 nitrogen and oxygen atoms in total. The van der Waals surface area contributed by atoms with Crippen LogP contribution in [0.25, 0.3) is 0 Å². The van der Waals surface area contributed by atoms with Crippen molar-refractivity contribution in [2.45, 2.75) is 38.5 Å². The molecule has 3 unspecified atom stereocenters. The molecule has 104 valence electrons. The minimum Gasteiger partial charge on any atom is -0.487 e. The van der Waals surface area contributed by atoms with Crippen LogP contribution < -0.4 is 10.5 Å². The number of ether oxygens (including phenoxy) is 2. The number of aryl methyl sites for hydroxylation is 2. The lowest BCUT2D eigenvalue weighted by Gasteiger charge is -2.41. The molecule has 1 saturated carbocycles. The summed E-state index contributed by atoms with van der Waals surface area (Å²) in [6.07, 6.45) is 0.531. The molecule has 1 aromatic rings. The van der Waals surface area contributed by atoms with Gasteiger partial charge in [-0.05, 0) is 25.5 Å².